The molecule has 1 aromatic heterocycles. The molecule has 0 saturated carbocycles. The first-order valence-electron chi connectivity index (χ1n) is 8.52. The monoisotopic (exact) mass is 368 g/mol. The van der Waals surface area contributed by atoms with E-state index in [4.69, 9.17) is 10.5 Å². The molecule has 1 heterocycles. The van der Waals surface area contributed by atoms with E-state index in [1.165, 1.54) is 7.11 Å². The molecule has 142 valence electrons. The number of nitrogens with zero attached hydrogens (tertiary/aromatic N) is 3. The van der Waals surface area contributed by atoms with Gasteiger partial charge in [0.2, 0.25) is 17.7 Å². The van der Waals surface area contributed by atoms with Gasteiger partial charge in [0.25, 0.3) is 0 Å². The number of methoxy groups -OCH3 is 1. The van der Waals surface area contributed by atoms with Crippen LogP contribution in [0.3, 0.4) is 0 Å². The number of nitrogens with one attached hydrogen (secondary N) is 2. The van der Waals surface area contributed by atoms with Crippen molar-refractivity contribution in [3.05, 3.63) is 34.9 Å². The highest BCUT2D eigenvalue weighted by molar-refractivity contribution is 5.83. The quantitative estimate of drug-likeness (QED) is 0.686. The van der Waals surface area contributed by atoms with Crippen LogP contribution in [0.2, 0.25) is 0 Å². The van der Waals surface area contributed by atoms with E-state index >= 15 is 0 Å². The summed E-state index contributed by atoms with van der Waals surface area (Å²) in [7, 11) is 1.42. The summed E-state index contributed by atoms with van der Waals surface area (Å²) in [6.07, 6.45) is 0. The van der Waals surface area contributed by atoms with Gasteiger partial charge in [-0.1, -0.05) is 19.9 Å². The fourth-order valence-corrected chi connectivity index (χ4v) is 2.73. The average Bonchev–Trinajstić information content (AvgIpc) is 2.57. The van der Waals surface area contributed by atoms with Crippen LogP contribution in [0.25, 0.3) is 0 Å². The second-order valence-electron chi connectivity index (χ2n) is 6.66. The van der Waals surface area contributed by atoms with E-state index in [1.807, 2.05) is 45.9 Å². The molecule has 1 aromatic carbocycles. The molecule has 0 spiro atoms. The van der Waals surface area contributed by atoms with Crippen LogP contribution in [0.4, 0.5) is 17.5 Å². The molecule has 1 unspecified atom stereocenters. The van der Waals surface area contributed by atoms with Crippen LogP contribution in [0.1, 0.15) is 30.5 Å². The van der Waals surface area contributed by atoms with E-state index < -0.39 is 11.9 Å². The molecule has 0 aliphatic rings. The highest BCUT2D eigenvalue weighted by atomic mass is 16.5. The fraction of sp³-hybridized carbons (Fsp3) is 0.368. The summed E-state index contributed by atoms with van der Waals surface area (Å²) >= 11 is 0. The van der Waals surface area contributed by atoms with Gasteiger partial charge >= 0.3 is 0 Å². The van der Waals surface area contributed by atoms with Crippen molar-refractivity contribution in [2.24, 2.45) is 11.7 Å². The van der Waals surface area contributed by atoms with Crippen molar-refractivity contribution < 1.29 is 9.53 Å². The number of primary amides is 1. The topological polar surface area (TPSA) is 126 Å². The molecule has 0 bridgehead atoms. The molecule has 2 rings (SSSR count). The molecule has 4 N–H and O–H groups in total. The highest BCUT2D eigenvalue weighted by Gasteiger charge is 2.23. The Kier molecular flexibility index (Phi) is 6.19. The number of anilines is 3. The molecule has 27 heavy (non-hydrogen) atoms. The molecular weight excluding hydrogens is 344 g/mol. The van der Waals surface area contributed by atoms with Gasteiger partial charge in [-0.05, 0) is 43.0 Å². The minimum Gasteiger partial charge on any atom is -0.480 e. The maximum Gasteiger partial charge on any atom is 0.240 e. The number of benzene rings is 1. The average molecular weight is 368 g/mol. The van der Waals surface area contributed by atoms with Crippen LogP contribution in [0, 0.1) is 31.1 Å². The first-order valence-corrected chi connectivity index (χ1v) is 8.52. The number of aryl methyl sites for hydroxylation is 2. The fourth-order valence-electron chi connectivity index (χ4n) is 2.73. The number of carbonyl (C=O) groups is 1. The van der Waals surface area contributed by atoms with Crippen LogP contribution < -0.4 is 21.1 Å². The zero-order chi connectivity index (χ0) is 20.1. The highest BCUT2D eigenvalue weighted by Crippen LogP contribution is 2.28. The number of nitriles is 1. The summed E-state index contributed by atoms with van der Waals surface area (Å²) in [6, 6.07) is 7.33. The number of aromatic nitrogens is 2. The molecule has 0 saturated heterocycles. The van der Waals surface area contributed by atoms with Gasteiger partial charge in [-0.25, -0.2) is 0 Å². The van der Waals surface area contributed by atoms with Crippen LogP contribution in [0.5, 0.6) is 5.88 Å². The van der Waals surface area contributed by atoms with Crippen molar-refractivity contribution in [2.75, 3.05) is 17.7 Å². The van der Waals surface area contributed by atoms with E-state index in [0.29, 0.717) is 0 Å². The lowest BCUT2D eigenvalue weighted by atomic mass is 10.0. The number of hydrogen-bond acceptors (Lipinski definition) is 7. The number of amides is 1. The molecule has 8 heteroatoms. The van der Waals surface area contributed by atoms with Gasteiger partial charge < -0.3 is 21.1 Å². The minimum atomic E-state index is -0.656. The SMILES string of the molecule is COc1nc(NC(C(N)=O)C(C)C)nc(Nc2cc(C)cc(C)c2)c1C#N. The first-order chi connectivity index (χ1) is 12.7. The molecule has 0 aliphatic heterocycles. The third-order valence-electron chi connectivity index (χ3n) is 3.92. The zero-order valence-electron chi connectivity index (χ0n) is 16.1. The minimum absolute atomic E-state index is 0.0661. The van der Waals surface area contributed by atoms with E-state index in [-0.39, 0.29) is 29.1 Å². The largest absolute Gasteiger partial charge is 0.480 e. The Bertz CT molecular complexity index is 868. The number of nitrogens with two attached hydrogens (primary N) is 1. The van der Waals surface area contributed by atoms with Crippen molar-refractivity contribution in [3.8, 4) is 11.9 Å². The van der Waals surface area contributed by atoms with Crippen molar-refractivity contribution >= 4 is 23.4 Å². The first kappa shape index (κ1) is 20.0. The summed E-state index contributed by atoms with van der Waals surface area (Å²) in [5, 5.41) is 15.6. The van der Waals surface area contributed by atoms with Crippen LogP contribution in [-0.4, -0.2) is 29.0 Å². The smallest absolute Gasteiger partial charge is 0.240 e. The van der Waals surface area contributed by atoms with E-state index in [1.54, 1.807) is 0 Å². The Morgan fingerprint density at radius 3 is 2.33 bits per heavy atom. The van der Waals surface area contributed by atoms with Gasteiger partial charge in [0.05, 0.1) is 7.11 Å². The number of carbonyl (C=O) groups excluding carboxylic acids is 1. The zero-order valence-corrected chi connectivity index (χ0v) is 16.1. The normalized spacial score (nSPS) is 11.6. The van der Waals surface area contributed by atoms with Gasteiger partial charge in [0, 0.05) is 5.69 Å². The lowest BCUT2D eigenvalue weighted by molar-refractivity contribution is -0.119. The maximum atomic E-state index is 11.7. The van der Waals surface area contributed by atoms with Crippen molar-refractivity contribution in [2.45, 2.75) is 33.7 Å². The van der Waals surface area contributed by atoms with Gasteiger partial charge in [0.15, 0.2) is 11.4 Å². The second-order valence-corrected chi connectivity index (χ2v) is 6.66. The van der Waals surface area contributed by atoms with E-state index in [9.17, 15) is 10.1 Å². The van der Waals surface area contributed by atoms with Crippen molar-refractivity contribution in [1.29, 1.82) is 5.26 Å². The van der Waals surface area contributed by atoms with Gasteiger partial charge in [-0.3, -0.25) is 4.79 Å². The maximum absolute atomic E-state index is 11.7. The predicted molar refractivity (Wildman–Crippen MR) is 104 cm³/mol. The lowest BCUT2D eigenvalue weighted by Gasteiger charge is -2.20. The second kappa shape index (κ2) is 8.36. The third kappa shape index (κ3) is 4.85. The van der Waals surface area contributed by atoms with Gasteiger partial charge in [-0.2, -0.15) is 15.2 Å². The number of ether oxygens (including phenoxy) is 1. The molecule has 0 fully saturated rings. The van der Waals surface area contributed by atoms with E-state index in [0.717, 1.165) is 16.8 Å². The van der Waals surface area contributed by atoms with Crippen LogP contribution >= 0.6 is 0 Å². The van der Waals surface area contributed by atoms with Crippen LogP contribution in [0.15, 0.2) is 18.2 Å². The number of hydrogen-bond donors (Lipinski definition) is 3. The van der Waals surface area contributed by atoms with Gasteiger partial charge in [-0.15, -0.1) is 0 Å². The Morgan fingerprint density at radius 2 is 1.85 bits per heavy atom. The summed E-state index contributed by atoms with van der Waals surface area (Å²) in [6.45, 7) is 7.68. The molecule has 2 aromatic rings. The molecule has 0 aliphatic carbocycles. The molecule has 0 radical (unpaired) electrons. The molecule has 8 nitrogen and oxygen atoms in total. The summed E-state index contributed by atoms with van der Waals surface area (Å²) < 4.78 is 5.24. The summed E-state index contributed by atoms with van der Waals surface area (Å²) in [4.78, 5) is 20.2. The Balaban J connectivity index is 2.48. The Morgan fingerprint density at radius 1 is 1.22 bits per heavy atom. The standard InChI is InChI=1S/C19H24N6O2/c1-10(2)15(16(21)26)23-19-24-17(14(9-20)18(25-19)27-5)22-13-7-11(3)6-12(4)8-13/h6-8,10,15H,1-5H3,(H2,21,26)(H2,22,23,24,25). The van der Waals surface area contributed by atoms with Gasteiger partial charge in [0.1, 0.15) is 12.1 Å². The summed E-state index contributed by atoms with van der Waals surface area (Å²) in [5.41, 5.74) is 8.55. The van der Waals surface area contributed by atoms with Crippen molar-refractivity contribution in [1.82, 2.24) is 9.97 Å². The molecule has 1 atom stereocenters. The third-order valence-corrected chi connectivity index (χ3v) is 3.92. The van der Waals surface area contributed by atoms with Crippen molar-refractivity contribution in [3.63, 3.8) is 0 Å². The van der Waals surface area contributed by atoms with E-state index in [2.05, 4.69) is 26.7 Å². The predicted octanol–water partition coefficient (Wildman–Crippen LogP) is 2.64. The Hall–Kier alpha value is -3.34. The number of rotatable bonds is 7. The van der Waals surface area contributed by atoms with Crippen LogP contribution in [-0.2, 0) is 4.79 Å². The lowest BCUT2D eigenvalue weighted by Crippen LogP contribution is -2.40. The summed E-state index contributed by atoms with van der Waals surface area (Å²) in [5.74, 6) is -0.0442. The Labute approximate surface area is 158 Å². The molecule has 1 amide bonds. The molecular formula is C19H24N6O2.